The largest absolute Gasteiger partial charge is 0.493 e. The van der Waals surface area contributed by atoms with E-state index in [1.54, 1.807) is 7.11 Å². The minimum Gasteiger partial charge on any atom is -0.493 e. The predicted molar refractivity (Wildman–Crippen MR) is 165 cm³/mol. The average Bonchev–Trinajstić information content (AvgIpc) is 3.48. The number of quaternary nitrogens is 1. The molecular weight excluding hydrogens is 534 g/mol. The van der Waals surface area contributed by atoms with Crippen LogP contribution < -0.4 is 14.2 Å². The number of amides is 1. The lowest BCUT2D eigenvalue weighted by atomic mass is 9.77. The number of carboxylic acid groups (broad SMARTS) is 1. The normalized spacial score (nSPS) is 20.5. The topological polar surface area (TPSA) is 88.5 Å². The molecule has 1 fully saturated rings. The predicted octanol–water partition coefficient (Wildman–Crippen LogP) is 5.00. The smallest absolute Gasteiger partial charge is 0.308 e. The summed E-state index contributed by atoms with van der Waals surface area (Å²) in [5, 5.41) is 10.7. The zero-order chi connectivity index (χ0) is 31.2. The third-order valence-electron chi connectivity index (χ3n) is 8.29. The molecule has 2 heterocycles. The molecule has 0 aromatic heterocycles. The van der Waals surface area contributed by atoms with Crippen molar-refractivity contribution in [2.75, 3.05) is 67.8 Å². The van der Waals surface area contributed by atoms with E-state index in [4.69, 9.17) is 14.2 Å². The number of fused-ring (bicyclic) bond motifs is 1. The Morgan fingerprint density at radius 3 is 2.45 bits per heavy atom. The Bertz CT molecular complexity index is 1120. The molecule has 1 aromatic carbocycles. The number of rotatable bonds is 15. The number of allylic oxidation sites excluding steroid dienone is 2. The molecule has 9 nitrogen and oxygen atoms in total. The van der Waals surface area contributed by atoms with Gasteiger partial charge in [-0.1, -0.05) is 38.8 Å². The summed E-state index contributed by atoms with van der Waals surface area (Å²) < 4.78 is 17.7. The Kier molecular flexibility index (Phi) is 11.3. The number of likely N-dealkylation sites (tertiary alicyclic amines) is 1. The van der Waals surface area contributed by atoms with Gasteiger partial charge < -0.3 is 28.7 Å². The van der Waals surface area contributed by atoms with Gasteiger partial charge in [-0.25, -0.2) is 0 Å². The van der Waals surface area contributed by atoms with Crippen molar-refractivity contribution < 1.29 is 33.4 Å². The summed E-state index contributed by atoms with van der Waals surface area (Å²) in [4.78, 5) is 31.0. The molecule has 2 aliphatic heterocycles. The highest BCUT2D eigenvalue weighted by Crippen LogP contribution is 2.48. The van der Waals surface area contributed by atoms with Crippen molar-refractivity contribution in [3.63, 3.8) is 0 Å². The molecule has 0 bridgehead atoms. The van der Waals surface area contributed by atoms with Crippen LogP contribution >= 0.6 is 0 Å². The van der Waals surface area contributed by atoms with E-state index >= 15 is 0 Å². The second-order valence-electron chi connectivity index (χ2n) is 13.9. The van der Waals surface area contributed by atoms with Crippen LogP contribution in [0.3, 0.4) is 0 Å². The van der Waals surface area contributed by atoms with Gasteiger partial charge in [0.15, 0.2) is 11.5 Å². The van der Waals surface area contributed by atoms with Crippen LogP contribution in [0, 0.1) is 11.3 Å². The van der Waals surface area contributed by atoms with E-state index in [1.807, 2.05) is 17.0 Å². The highest BCUT2D eigenvalue weighted by Gasteiger charge is 2.49. The van der Waals surface area contributed by atoms with Gasteiger partial charge in [-0.05, 0) is 49.8 Å². The van der Waals surface area contributed by atoms with Crippen molar-refractivity contribution in [1.82, 2.24) is 9.80 Å². The molecule has 236 valence electrons. The maximum atomic E-state index is 13.9. The summed E-state index contributed by atoms with van der Waals surface area (Å²) >= 11 is 0. The van der Waals surface area contributed by atoms with Gasteiger partial charge in [0.05, 0.1) is 47.3 Å². The van der Waals surface area contributed by atoms with Crippen LogP contribution in [0.5, 0.6) is 17.2 Å². The summed E-state index contributed by atoms with van der Waals surface area (Å²) in [5.41, 5.74) is 1.77. The Morgan fingerprint density at radius 2 is 1.86 bits per heavy atom. The molecule has 0 unspecified atom stereocenters. The third-order valence-corrected chi connectivity index (χ3v) is 8.29. The first-order chi connectivity index (χ1) is 19.7. The molecule has 3 rings (SSSR count). The van der Waals surface area contributed by atoms with Crippen LogP contribution in [0.25, 0.3) is 0 Å². The van der Waals surface area contributed by atoms with Crippen molar-refractivity contribution in [2.45, 2.75) is 72.3 Å². The molecule has 42 heavy (non-hydrogen) atoms. The van der Waals surface area contributed by atoms with Crippen LogP contribution in [-0.4, -0.2) is 105 Å². The third kappa shape index (κ3) is 8.86. The van der Waals surface area contributed by atoms with Gasteiger partial charge in [0, 0.05) is 38.0 Å². The SMILES string of the molecule is CCCCN(CCC[N+](C)(C)C)C(=O)CN1C[C@H](c2cc(OC)c3c(c2)OCO3)[C@@H](C(=O)O)[C@@H]1CC(C)(C)C=C(C)C. The summed E-state index contributed by atoms with van der Waals surface area (Å²) in [7, 11) is 8.07. The number of carboxylic acids is 1. The Labute approximate surface area is 253 Å². The van der Waals surface area contributed by atoms with E-state index in [1.165, 1.54) is 5.57 Å². The molecule has 2 aliphatic rings. The Hall–Kier alpha value is -2.78. The summed E-state index contributed by atoms with van der Waals surface area (Å²) in [5.74, 6) is -0.183. The highest BCUT2D eigenvalue weighted by molar-refractivity contribution is 5.79. The number of benzene rings is 1. The van der Waals surface area contributed by atoms with Crippen molar-refractivity contribution in [3.05, 3.63) is 29.3 Å². The van der Waals surface area contributed by atoms with Crippen LogP contribution in [0.4, 0.5) is 0 Å². The Morgan fingerprint density at radius 1 is 1.17 bits per heavy atom. The lowest BCUT2D eigenvalue weighted by Gasteiger charge is -2.34. The maximum absolute atomic E-state index is 13.9. The highest BCUT2D eigenvalue weighted by atomic mass is 16.7. The maximum Gasteiger partial charge on any atom is 0.308 e. The van der Waals surface area contributed by atoms with Gasteiger partial charge in [-0.3, -0.25) is 14.5 Å². The van der Waals surface area contributed by atoms with Gasteiger partial charge in [-0.15, -0.1) is 0 Å². The van der Waals surface area contributed by atoms with Crippen molar-refractivity contribution in [3.8, 4) is 17.2 Å². The lowest BCUT2D eigenvalue weighted by molar-refractivity contribution is -0.870. The number of hydrogen-bond acceptors (Lipinski definition) is 6. The molecule has 1 amide bonds. The second-order valence-corrected chi connectivity index (χ2v) is 13.9. The number of unbranched alkanes of at least 4 members (excludes halogenated alkanes) is 1. The first kappa shape index (κ1) is 33.7. The number of ether oxygens (including phenoxy) is 3. The van der Waals surface area contributed by atoms with Gasteiger partial charge in [0.1, 0.15) is 0 Å². The number of carbonyl (C=O) groups excluding carboxylic acids is 1. The minimum atomic E-state index is -0.852. The number of aliphatic carboxylic acids is 1. The number of methoxy groups -OCH3 is 1. The van der Waals surface area contributed by atoms with Crippen LogP contribution in [0.1, 0.15) is 71.8 Å². The lowest BCUT2D eigenvalue weighted by Crippen LogP contribution is -2.46. The van der Waals surface area contributed by atoms with Gasteiger partial charge in [0.25, 0.3) is 0 Å². The first-order valence-corrected chi connectivity index (χ1v) is 15.3. The fourth-order valence-electron chi connectivity index (χ4n) is 6.55. The molecule has 0 spiro atoms. The van der Waals surface area contributed by atoms with E-state index in [2.05, 4.69) is 66.7 Å². The molecule has 1 saturated heterocycles. The molecule has 9 heteroatoms. The standard InChI is InChI=1S/C33H53N3O6/c1-10-11-13-34(14-12-15-36(6,7)8)29(37)21-35-20-25(24-16-27(40-9)31-28(17-24)41-22-42-31)30(32(38)39)26(35)19-33(4,5)18-23(2)3/h16-18,25-26,30H,10-15,19-22H2,1-9H3/p+1/t25-,26+,30-/m1/s1. The second kappa shape index (κ2) is 14.1. The van der Waals surface area contributed by atoms with Crippen molar-refractivity contribution in [2.24, 2.45) is 11.3 Å². The zero-order valence-electron chi connectivity index (χ0n) is 27.4. The molecule has 0 saturated carbocycles. The van der Waals surface area contributed by atoms with Gasteiger partial charge >= 0.3 is 5.97 Å². The van der Waals surface area contributed by atoms with E-state index in [9.17, 15) is 14.7 Å². The van der Waals surface area contributed by atoms with E-state index in [-0.39, 0.29) is 36.6 Å². The van der Waals surface area contributed by atoms with Gasteiger partial charge in [-0.2, -0.15) is 0 Å². The van der Waals surface area contributed by atoms with Gasteiger partial charge in [0.2, 0.25) is 18.4 Å². The summed E-state index contributed by atoms with van der Waals surface area (Å²) in [6.07, 6.45) is 5.72. The number of nitrogens with zero attached hydrogens (tertiary/aromatic N) is 3. The average molecular weight is 589 g/mol. The molecule has 0 radical (unpaired) electrons. The van der Waals surface area contributed by atoms with Crippen LogP contribution in [0.2, 0.25) is 0 Å². The van der Waals surface area contributed by atoms with E-state index < -0.39 is 11.9 Å². The molecule has 1 aromatic rings. The Balaban J connectivity index is 1.96. The van der Waals surface area contributed by atoms with Crippen LogP contribution in [-0.2, 0) is 9.59 Å². The molecule has 0 aliphatic carbocycles. The number of carbonyl (C=O) groups is 2. The quantitative estimate of drug-likeness (QED) is 0.228. The molecular formula is C33H54N3O6+. The zero-order valence-corrected chi connectivity index (χ0v) is 27.4. The summed E-state index contributed by atoms with van der Waals surface area (Å²) in [6, 6.07) is 3.43. The molecule has 3 atom stereocenters. The fourth-order valence-corrected chi connectivity index (χ4v) is 6.55. The summed E-state index contributed by atoms with van der Waals surface area (Å²) in [6.45, 7) is 13.7. The van der Waals surface area contributed by atoms with Crippen LogP contribution in [0.15, 0.2) is 23.8 Å². The van der Waals surface area contributed by atoms with Crippen molar-refractivity contribution in [1.29, 1.82) is 0 Å². The minimum absolute atomic E-state index is 0.0722. The van der Waals surface area contributed by atoms with E-state index in [0.717, 1.165) is 42.4 Å². The first-order valence-electron chi connectivity index (χ1n) is 15.3. The number of hydrogen-bond donors (Lipinski definition) is 1. The fraction of sp³-hybridized carbons (Fsp3) is 0.697. The molecule has 1 N–H and O–H groups in total. The van der Waals surface area contributed by atoms with Crippen molar-refractivity contribution >= 4 is 11.9 Å². The van der Waals surface area contributed by atoms with E-state index in [0.29, 0.717) is 36.8 Å². The monoisotopic (exact) mass is 588 g/mol.